The molecule has 1 spiro atoms. The molecule has 2 fully saturated rings. The summed E-state index contributed by atoms with van der Waals surface area (Å²) < 4.78 is 0. The number of aliphatic carboxylic acids is 1. The number of hydrogen-bond donors (Lipinski definition) is 3. The third kappa shape index (κ3) is 4.09. The smallest absolute Gasteiger partial charge is 0.326 e. The van der Waals surface area contributed by atoms with E-state index in [0.717, 1.165) is 12.8 Å². The molecule has 6 nitrogen and oxygen atoms in total. The van der Waals surface area contributed by atoms with Crippen LogP contribution < -0.4 is 5.32 Å². The second kappa shape index (κ2) is 7.11. The molecular weight excluding hydrogens is 272 g/mol. The first kappa shape index (κ1) is 16.1. The third-order valence-electron chi connectivity index (χ3n) is 5.04. The van der Waals surface area contributed by atoms with Crippen LogP contribution in [0.5, 0.6) is 0 Å². The fourth-order valence-electron chi connectivity index (χ4n) is 3.61. The molecule has 1 saturated carbocycles. The molecule has 0 radical (unpaired) electrons. The number of urea groups is 1. The number of piperidine rings is 1. The maximum atomic E-state index is 12.1. The number of aliphatic hydroxyl groups excluding tert-OH is 1. The lowest BCUT2D eigenvalue weighted by Crippen LogP contribution is -2.52. The van der Waals surface area contributed by atoms with Gasteiger partial charge in [0.25, 0.3) is 0 Å². The largest absolute Gasteiger partial charge is 0.480 e. The van der Waals surface area contributed by atoms with Gasteiger partial charge in [0.05, 0.1) is 0 Å². The van der Waals surface area contributed by atoms with E-state index < -0.39 is 12.0 Å². The molecule has 0 aromatic carbocycles. The van der Waals surface area contributed by atoms with Crippen molar-refractivity contribution in [3.05, 3.63) is 0 Å². The number of nitrogens with one attached hydrogen (secondary N) is 1. The maximum Gasteiger partial charge on any atom is 0.326 e. The van der Waals surface area contributed by atoms with Crippen molar-refractivity contribution in [3.8, 4) is 0 Å². The lowest BCUT2D eigenvalue weighted by atomic mass is 9.68. The van der Waals surface area contributed by atoms with Crippen molar-refractivity contribution in [3.63, 3.8) is 0 Å². The zero-order chi connectivity index (χ0) is 15.3. The average Bonchev–Trinajstić information content (AvgIpc) is 2.48. The lowest BCUT2D eigenvalue weighted by Gasteiger charge is -2.44. The molecule has 120 valence electrons. The second-order valence-corrected chi connectivity index (χ2v) is 6.40. The summed E-state index contributed by atoms with van der Waals surface area (Å²) in [6, 6.07) is -1.32. The average molecular weight is 298 g/mol. The molecule has 0 aromatic rings. The fourth-order valence-corrected chi connectivity index (χ4v) is 3.61. The van der Waals surface area contributed by atoms with Crippen LogP contribution in [0.15, 0.2) is 0 Å². The Morgan fingerprint density at radius 1 is 1.10 bits per heavy atom. The first-order valence-electron chi connectivity index (χ1n) is 7.95. The van der Waals surface area contributed by atoms with Gasteiger partial charge in [0.15, 0.2) is 0 Å². The quantitative estimate of drug-likeness (QED) is 0.735. The van der Waals surface area contributed by atoms with E-state index in [2.05, 4.69) is 5.32 Å². The van der Waals surface area contributed by atoms with Gasteiger partial charge in [-0.05, 0) is 31.1 Å². The SMILES string of the molecule is O=C(O)[C@H](CCO)NC(=O)N1CCC2(CCCCC2)CC1. The summed E-state index contributed by atoms with van der Waals surface area (Å²) in [5.74, 6) is -1.10. The van der Waals surface area contributed by atoms with E-state index in [1.165, 1.54) is 32.1 Å². The van der Waals surface area contributed by atoms with Crippen LogP contribution in [0, 0.1) is 5.41 Å². The molecule has 1 aliphatic heterocycles. The first-order chi connectivity index (χ1) is 10.1. The van der Waals surface area contributed by atoms with Crippen molar-refractivity contribution < 1.29 is 19.8 Å². The van der Waals surface area contributed by atoms with Crippen LogP contribution in [0.3, 0.4) is 0 Å². The molecule has 0 unspecified atom stereocenters. The Bertz CT molecular complexity index is 370. The van der Waals surface area contributed by atoms with Crippen LogP contribution in [0.25, 0.3) is 0 Å². The summed E-state index contributed by atoms with van der Waals surface area (Å²) in [6.07, 6.45) is 8.55. The summed E-state index contributed by atoms with van der Waals surface area (Å²) in [6.45, 7) is 1.16. The lowest BCUT2D eigenvalue weighted by molar-refractivity contribution is -0.139. The molecule has 2 aliphatic rings. The van der Waals surface area contributed by atoms with Crippen molar-refractivity contribution >= 4 is 12.0 Å². The number of rotatable bonds is 4. The molecule has 1 aliphatic carbocycles. The monoisotopic (exact) mass is 298 g/mol. The van der Waals surface area contributed by atoms with E-state index in [0.29, 0.717) is 18.5 Å². The van der Waals surface area contributed by atoms with Gasteiger partial charge in [-0.3, -0.25) is 0 Å². The summed E-state index contributed by atoms with van der Waals surface area (Å²) in [4.78, 5) is 24.8. The maximum absolute atomic E-state index is 12.1. The summed E-state index contributed by atoms with van der Waals surface area (Å²) in [5, 5.41) is 20.4. The Morgan fingerprint density at radius 2 is 1.71 bits per heavy atom. The number of aliphatic hydroxyl groups is 1. The molecular formula is C15H26N2O4. The number of carboxylic acid groups (broad SMARTS) is 1. The third-order valence-corrected chi connectivity index (χ3v) is 5.04. The van der Waals surface area contributed by atoms with E-state index in [-0.39, 0.29) is 19.1 Å². The van der Waals surface area contributed by atoms with Crippen LogP contribution >= 0.6 is 0 Å². The number of amides is 2. The predicted octanol–water partition coefficient (Wildman–Crippen LogP) is 1.58. The Kier molecular flexibility index (Phi) is 5.45. The molecule has 6 heteroatoms. The van der Waals surface area contributed by atoms with Crippen molar-refractivity contribution in [1.82, 2.24) is 10.2 Å². The van der Waals surface area contributed by atoms with Gasteiger partial charge in [0.2, 0.25) is 0 Å². The van der Waals surface area contributed by atoms with Gasteiger partial charge in [-0.2, -0.15) is 0 Å². The van der Waals surface area contributed by atoms with E-state index in [9.17, 15) is 9.59 Å². The van der Waals surface area contributed by atoms with Gasteiger partial charge < -0.3 is 20.4 Å². The van der Waals surface area contributed by atoms with E-state index in [4.69, 9.17) is 10.2 Å². The van der Waals surface area contributed by atoms with Gasteiger partial charge in [-0.15, -0.1) is 0 Å². The van der Waals surface area contributed by atoms with Gasteiger partial charge in [0, 0.05) is 26.1 Å². The minimum absolute atomic E-state index is 0.0405. The Labute approximate surface area is 125 Å². The molecule has 3 N–H and O–H groups in total. The van der Waals surface area contributed by atoms with Crippen molar-refractivity contribution in [2.24, 2.45) is 5.41 Å². The van der Waals surface area contributed by atoms with Crippen LogP contribution in [0.1, 0.15) is 51.4 Å². The van der Waals surface area contributed by atoms with Crippen LogP contribution in [0.2, 0.25) is 0 Å². The number of carbonyl (C=O) groups excluding carboxylic acids is 1. The van der Waals surface area contributed by atoms with Crippen LogP contribution in [-0.4, -0.2) is 52.9 Å². The molecule has 1 saturated heterocycles. The topological polar surface area (TPSA) is 89.9 Å². The van der Waals surface area contributed by atoms with Crippen molar-refractivity contribution in [2.75, 3.05) is 19.7 Å². The molecule has 1 heterocycles. The zero-order valence-corrected chi connectivity index (χ0v) is 12.5. The first-order valence-corrected chi connectivity index (χ1v) is 7.95. The number of carbonyl (C=O) groups is 2. The highest BCUT2D eigenvalue weighted by atomic mass is 16.4. The number of nitrogens with zero attached hydrogens (tertiary/aromatic N) is 1. The molecule has 2 rings (SSSR count). The Hall–Kier alpha value is -1.30. The normalized spacial score (nSPS) is 22.8. The van der Waals surface area contributed by atoms with Gasteiger partial charge in [-0.25, -0.2) is 9.59 Å². The highest BCUT2D eigenvalue weighted by Crippen LogP contribution is 2.44. The summed E-state index contributed by atoms with van der Waals surface area (Å²) in [7, 11) is 0. The van der Waals surface area contributed by atoms with Gasteiger partial charge in [-0.1, -0.05) is 19.3 Å². The minimum Gasteiger partial charge on any atom is -0.480 e. The molecule has 21 heavy (non-hydrogen) atoms. The fraction of sp³-hybridized carbons (Fsp3) is 0.867. The predicted molar refractivity (Wildman–Crippen MR) is 78.0 cm³/mol. The standard InChI is InChI=1S/C15H26N2O4/c18-11-4-12(13(19)20)16-14(21)17-9-7-15(8-10-17)5-2-1-3-6-15/h12,18H,1-11H2,(H,16,21)(H,19,20)/t12-/m0/s1. The minimum atomic E-state index is -1.10. The van der Waals surface area contributed by atoms with Gasteiger partial charge >= 0.3 is 12.0 Å². The zero-order valence-electron chi connectivity index (χ0n) is 12.5. The molecule has 2 amide bonds. The van der Waals surface area contributed by atoms with E-state index in [1.807, 2.05) is 0 Å². The summed E-state index contributed by atoms with van der Waals surface area (Å²) >= 11 is 0. The van der Waals surface area contributed by atoms with Gasteiger partial charge in [0.1, 0.15) is 6.04 Å². The molecule has 0 aromatic heterocycles. The second-order valence-electron chi connectivity index (χ2n) is 6.40. The van der Waals surface area contributed by atoms with Crippen molar-refractivity contribution in [2.45, 2.75) is 57.4 Å². The van der Waals surface area contributed by atoms with E-state index >= 15 is 0 Å². The van der Waals surface area contributed by atoms with Crippen molar-refractivity contribution in [1.29, 1.82) is 0 Å². The van der Waals surface area contributed by atoms with E-state index in [1.54, 1.807) is 4.90 Å². The number of likely N-dealkylation sites (tertiary alicyclic amines) is 1. The Morgan fingerprint density at radius 3 is 2.24 bits per heavy atom. The molecule has 0 bridgehead atoms. The Balaban J connectivity index is 1.83. The van der Waals surface area contributed by atoms with Crippen LogP contribution in [-0.2, 0) is 4.79 Å². The molecule has 1 atom stereocenters. The van der Waals surface area contributed by atoms with Crippen LogP contribution in [0.4, 0.5) is 4.79 Å². The summed E-state index contributed by atoms with van der Waals surface area (Å²) in [5.41, 5.74) is 0.423. The number of hydrogen-bond acceptors (Lipinski definition) is 3. The number of carboxylic acids is 1. The highest BCUT2D eigenvalue weighted by Gasteiger charge is 2.37. The highest BCUT2D eigenvalue weighted by molar-refractivity contribution is 5.82.